The van der Waals surface area contributed by atoms with Crippen LogP contribution in [-0.2, 0) is 0 Å². The van der Waals surface area contributed by atoms with Crippen LogP contribution in [0.2, 0.25) is 0 Å². The van der Waals surface area contributed by atoms with E-state index in [1.54, 1.807) is 0 Å². The molecule has 2 N–H and O–H groups in total. The molecule has 2 heteroatoms. The number of hydrogen-bond acceptors (Lipinski definition) is 2. The van der Waals surface area contributed by atoms with Gasteiger partial charge in [0.1, 0.15) is 0 Å². The Labute approximate surface area is 258 Å². The maximum atomic E-state index is 10.1. The van der Waals surface area contributed by atoms with Crippen LogP contribution in [0, 0.1) is 34.5 Å². The summed E-state index contributed by atoms with van der Waals surface area (Å²) in [6.45, 7) is 21.5. The first-order chi connectivity index (χ1) is 19.6. The third-order valence-electron chi connectivity index (χ3n) is 8.40. The molecule has 42 heavy (non-hydrogen) atoms. The number of hydrogen-bond donors (Lipinski definition) is 2. The molecule has 0 aromatic carbocycles. The zero-order chi connectivity index (χ0) is 31.5. The quantitative estimate of drug-likeness (QED) is 0.226. The summed E-state index contributed by atoms with van der Waals surface area (Å²) in [5, 5.41) is 20.2. The van der Waals surface area contributed by atoms with Crippen LogP contribution in [-0.4, -0.2) is 22.4 Å². The van der Waals surface area contributed by atoms with E-state index in [-0.39, 0.29) is 23.0 Å². The molecule has 0 saturated heterocycles. The molecular formula is C40H56O2. The SMILES string of the molecule is CC1=C(C#C/C(C)=C/CC/C(C)=C/C=C/C=C(\C)CC/C=C(\C)C#CC2=C(C)C[C@@H](O)CC2(C)C)C(C)(C)C[C@H](O)C1. The van der Waals surface area contributed by atoms with E-state index < -0.39 is 0 Å². The smallest absolute Gasteiger partial charge is 0.0586 e. The van der Waals surface area contributed by atoms with Crippen LogP contribution >= 0.6 is 0 Å². The van der Waals surface area contributed by atoms with Gasteiger partial charge in [-0.25, -0.2) is 0 Å². The van der Waals surface area contributed by atoms with Crippen molar-refractivity contribution in [3.8, 4) is 23.7 Å². The lowest BCUT2D eigenvalue weighted by Gasteiger charge is -2.34. The van der Waals surface area contributed by atoms with E-state index in [4.69, 9.17) is 0 Å². The number of allylic oxidation sites excluding steroid dienone is 12. The summed E-state index contributed by atoms with van der Waals surface area (Å²) in [6.07, 6.45) is 19.7. The van der Waals surface area contributed by atoms with Gasteiger partial charge in [-0.3, -0.25) is 0 Å². The molecule has 0 saturated carbocycles. The second-order valence-corrected chi connectivity index (χ2v) is 14.0. The zero-order valence-electron chi connectivity index (χ0n) is 28.2. The van der Waals surface area contributed by atoms with Crippen molar-refractivity contribution in [3.63, 3.8) is 0 Å². The van der Waals surface area contributed by atoms with E-state index in [1.807, 2.05) is 0 Å². The Kier molecular flexibility index (Phi) is 13.6. The fourth-order valence-corrected chi connectivity index (χ4v) is 6.21. The third kappa shape index (κ3) is 11.8. The molecule has 0 unspecified atom stereocenters. The Morgan fingerprint density at radius 1 is 0.690 bits per heavy atom. The molecule has 0 heterocycles. The Morgan fingerprint density at radius 2 is 1.05 bits per heavy atom. The van der Waals surface area contributed by atoms with Gasteiger partial charge in [-0.2, -0.15) is 0 Å². The number of aliphatic hydroxyl groups excluding tert-OH is 2. The molecule has 0 radical (unpaired) electrons. The highest BCUT2D eigenvalue weighted by atomic mass is 16.3. The summed E-state index contributed by atoms with van der Waals surface area (Å²) in [6, 6.07) is 0. The first kappa shape index (κ1) is 35.4. The van der Waals surface area contributed by atoms with Gasteiger partial charge in [0.05, 0.1) is 12.2 Å². The number of aliphatic hydroxyl groups is 2. The van der Waals surface area contributed by atoms with Crippen LogP contribution in [0.15, 0.2) is 81.0 Å². The molecule has 0 aromatic rings. The standard InChI is InChI=1S/C40H56O2/c1-29(17-13-19-31(3)21-23-37-33(5)25-35(41)27-39(37,7)8)15-11-12-16-30(2)18-14-20-32(4)22-24-38-34(6)26-36(42)28-40(38,9)10/h11-12,15-16,19-20,35-36,41-42H,13-14,17-18,25-28H2,1-10H3/b12-11+,29-15+,30-16+,31-19+,32-20+/t35-,36-/m1/s1. The van der Waals surface area contributed by atoms with Gasteiger partial charge >= 0.3 is 0 Å². The highest BCUT2D eigenvalue weighted by molar-refractivity contribution is 5.45. The second-order valence-electron chi connectivity index (χ2n) is 14.0. The molecule has 0 aromatic heterocycles. The van der Waals surface area contributed by atoms with E-state index in [0.717, 1.165) is 62.5 Å². The van der Waals surface area contributed by atoms with Gasteiger partial charge < -0.3 is 10.2 Å². The summed E-state index contributed by atoms with van der Waals surface area (Å²) >= 11 is 0. The first-order valence-corrected chi connectivity index (χ1v) is 15.7. The van der Waals surface area contributed by atoms with Gasteiger partial charge in [-0.05, 0) is 104 Å². The summed E-state index contributed by atoms with van der Waals surface area (Å²) in [5.74, 6) is 13.5. The van der Waals surface area contributed by atoms with Crippen molar-refractivity contribution in [1.82, 2.24) is 0 Å². The van der Waals surface area contributed by atoms with Gasteiger partial charge in [0.15, 0.2) is 0 Å². The second kappa shape index (κ2) is 16.2. The highest BCUT2D eigenvalue weighted by Gasteiger charge is 2.33. The van der Waals surface area contributed by atoms with Gasteiger partial charge in [0, 0.05) is 22.0 Å². The predicted octanol–water partition coefficient (Wildman–Crippen LogP) is 9.89. The molecule has 0 amide bonds. The zero-order valence-corrected chi connectivity index (χ0v) is 28.2. The van der Waals surface area contributed by atoms with Crippen LogP contribution < -0.4 is 0 Å². The molecule has 2 nitrogen and oxygen atoms in total. The summed E-state index contributed by atoms with van der Waals surface area (Å²) in [5.41, 5.74) is 9.64. The topological polar surface area (TPSA) is 40.5 Å². The molecule has 2 aliphatic rings. The van der Waals surface area contributed by atoms with Crippen LogP contribution in [0.5, 0.6) is 0 Å². The van der Waals surface area contributed by atoms with Gasteiger partial charge in [-0.1, -0.05) is 110 Å². The Balaban J connectivity index is 1.82. The predicted molar refractivity (Wildman–Crippen MR) is 182 cm³/mol. The Hall–Kier alpha value is -2.78. The van der Waals surface area contributed by atoms with Gasteiger partial charge in [0.2, 0.25) is 0 Å². The molecule has 2 aliphatic carbocycles. The molecule has 2 atom stereocenters. The molecular weight excluding hydrogens is 512 g/mol. The van der Waals surface area contributed by atoms with Crippen molar-refractivity contribution in [2.75, 3.05) is 0 Å². The lowest BCUT2D eigenvalue weighted by molar-refractivity contribution is 0.116. The van der Waals surface area contributed by atoms with Crippen LogP contribution in [0.4, 0.5) is 0 Å². The normalized spacial score (nSPS) is 23.5. The van der Waals surface area contributed by atoms with Crippen molar-refractivity contribution < 1.29 is 10.2 Å². The van der Waals surface area contributed by atoms with E-state index in [1.165, 1.54) is 33.4 Å². The Bertz CT molecular complexity index is 1210. The van der Waals surface area contributed by atoms with E-state index in [0.29, 0.717) is 0 Å². The van der Waals surface area contributed by atoms with E-state index in [9.17, 15) is 10.2 Å². The minimum atomic E-state index is -0.248. The maximum Gasteiger partial charge on any atom is 0.0586 e. The number of rotatable bonds is 8. The summed E-state index contributed by atoms with van der Waals surface area (Å²) in [7, 11) is 0. The van der Waals surface area contributed by atoms with Gasteiger partial charge in [0.25, 0.3) is 0 Å². The fourth-order valence-electron chi connectivity index (χ4n) is 6.21. The van der Waals surface area contributed by atoms with Crippen molar-refractivity contribution in [2.45, 2.75) is 133 Å². The minimum Gasteiger partial charge on any atom is -0.393 e. The molecule has 228 valence electrons. The Morgan fingerprint density at radius 3 is 1.38 bits per heavy atom. The van der Waals surface area contributed by atoms with Crippen LogP contribution in [0.1, 0.15) is 121 Å². The largest absolute Gasteiger partial charge is 0.393 e. The van der Waals surface area contributed by atoms with Crippen LogP contribution in [0.3, 0.4) is 0 Å². The van der Waals surface area contributed by atoms with Crippen molar-refractivity contribution in [3.05, 3.63) is 81.0 Å². The average Bonchev–Trinajstić information content (AvgIpc) is 2.84. The highest BCUT2D eigenvalue weighted by Crippen LogP contribution is 2.40. The lowest BCUT2D eigenvalue weighted by Crippen LogP contribution is -2.28. The van der Waals surface area contributed by atoms with E-state index in [2.05, 4.69) is 129 Å². The summed E-state index contributed by atoms with van der Waals surface area (Å²) < 4.78 is 0. The van der Waals surface area contributed by atoms with Crippen molar-refractivity contribution in [1.29, 1.82) is 0 Å². The summed E-state index contributed by atoms with van der Waals surface area (Å²) in [4.78, 5) is 0. The third-order valence-corrected chi connectivity index (χ3v) is 8.40. The maximum absolute atomic E-state index is 10.1. The lowest BCUT2D eigenvalue weighted by atomic mass is 9.72. The van der Waals surface area contributed by atoms with Gasteiger partial charge in [-0.15, -0.1) is 0 Å². The molecule has 2 rings (SSSR count). The molecule has 0 spiro atoms. The molecule has 0 fully saturated rings. The minimum absolute atomic E-state index is 0.0618. The van der Waals surface area contributed by atoms with Crippen molar-refractivity contribution in [2.24, 2.45) is 10.8 Å². The monoisotopic (exact) mass is 568 g/mol. The fraction of sp³-hybridized carbons (Fsp3) is 0.550. The molecule has 0 bridgehead atoms. The molecule has 0 aliphatic heterocycles. The van der Waals surface area contributed by atoms with Crippen molar-refractivity contribution >= 4 is 0 Å². The van der Waals surface area contributed by atoms with E-state index >= 15 is 0 Å². The van der Waals surface area contributed by atoms with Crippen LogP contribution in [0.25, 0.3) is 0 Å². The first-order valence-electron chi connectivity index (χ1n) is 15.7. The average molecular weight is 569 g/mol.